The summed E-state index contributed by atoms with van der Waals surface area (Å²) in [5, 5.41) is 17.6. The summed E-state index contributed by atoms with van der Waals surface area (Å²) in [5.41, 5.74) is 1.55. The molecule has 2 aromatic heterocycles. The molecule has 0 aliphatic carbocycles. The average molecular weight is 455 g/mol. The largest absolute Gasteiger partial charge is 0.504 e. The molecular weight excluding hydrogens is 432 g/mol. The molecule has 32 heavy (non-hydrogen) atoms. The molecule has 0 saturated heterocycles. The fourth-order valence-corrected chi connectivity index (χ4v) is 4.17. The van der Waals surface area contributed by atoms with Crippen LogP contribution in [0.15, 0.2) is 63.6 Å². The van der Waals surface area contributed by atoms with Gasteiger partial charge in [-0.1, -0.05) is 12.1 Å². The van der Waals surface area contributed by atoms with Crippen molar-refractivity contribution in [3.8, 4) is 11.5 Å². The third-order valence-corrected chi connectivity index (χ3v) is 5.98. The second-order valence-electron chi connectivity index (χ2n) is 7.16. The van der Waals surface area contributed by atoms with Gasteiger partial charge in [-0.15, -0.1) is 11.3 Å². The molecule has 0 saturated carbocycles. The zero-order valence-electron chi connectivity index (χ0n) is 17.4. The van der Waals surface area contributed by atoms with Crippen molar-refractivity contribution in [1.82, 2.24) is 5.01 Å². The Morgan fingerprint density at radius 3 is 2.84 bits per heavy atom. The summed E-state index contributed by atoms with van der Waals surface area (Å²) in [4.78, 5) is 26.0. The van der Waals surface area contributed by atoms with Crippen LogP contribution in [0.1, 0.15) is 35.1 Å². The van der Waals surface area contributed by atoms with Crippen LogP contribution >= 0.6 is 11.3 Å². The van der Waals surface area contributed by atoms with Crippen molar-refractivity contribution >= 4 is 28.9 Å². The summed E-state index contributed by atoms with van der Waals surface area (Å²) < 4.78 is 15.7. The summed E-state index contributed by atoms with van der Waals surface area (Å²) in [6.07, 6.45) is 2.52. The van der Waals surface area contributed by atoms with Gasteiger partial charge >= 0.3 is 5.97 Å². The lowest BCUT2D eigenvalue weighted by atomic mass is 10.1. The van der Waals surface area contributed by atoms with E-state index in [1.807, 2.05) is 17.5 Å². The van der Waals surface area contributed by atoms with E-state index in [9.17, 15) is 14.7 Å². The van der Waals surface area contributed by atoms with E-state index in [0.29, 0.717) is 24.4 Å². The number of phenols is 1. The smallest absolute Gasteiger partial charge is 0.306 e. The number of methoxy groups -OCH3 is 1. The molecule has 8 nitrogen and oxygen atoms in total. The zero-order valence-corrected chi connectivity index (χ0v) is 18.2. The molecule has 0 bridgehead atoms. The van der Waals surface area contributed by atoms with Crippen molar-refractivity contribution in [1.29, 1.82) is 0 Å². The third kappa shape index (κ3) is 4.83. The van der Waals surface area contributed by atoms with Gasteiger partial charge < -0.3 is 19.0 Å². The maximum Gasteiger partial charge on any atom is 0.306 e. The van der Waals surface area contributed by atoms with Crippen LogP contribution in [-0.2, 0) is 20.7 Å². The number of hydrogen-bond acceptors (Lipinski definition) is 8. The van der Waals surface area contributed by atoms with Crippen LogP contribution < -0.4 is 4.74 Å². The van der Waals surface area contributed by atoms with Crippen LogP contribution in [0.25, 0.3) is 0 Å². The summed E-state index contributed by atoms with van der Waals surface area (Å²) in [7, 11) is 1.47. The van der Waals surface area contributed by atoms with Gasteiger partial charge in [-0.25, -0.2) is 5.01 Å². The standard InChI is InChI=1S/C23H22N2O6S/c1-29-20-8-6-15(12-18(20)26)7-9-23(28)31-14-22(27)25-17(19-4-2-10-30-19)13-16(24-25)21-5-3-11-32-21/h2-6,8,10-12,17,26H,7,9,13-14H2,1H3. The highest BCUT2D eigenvalue weighted by Gasteiger charge is 2.35. The summed E-state index contributed by atoms with van der Waals surface area (Å²) in [6.45, 7) is -0.412. The zero-order chi connectivity index (χ0) is 22.5. The van der Waals surface area contributed by atoms with E-state index in [2.05, 4.69) is 5.10 Å². The second-order valence-corrected chi connectivity index (χ2v) is 8.11. The van der Waals surface area contributed by atoms with E-state index in [1.54, 1.807) is 41.9 Å². The molecule has 166 valence electrons. The lowest BCUT2D eigenvalue weighted by molar-refractivity contribution is -0.152. The first-order chi connectivity index (χ1) is 15.5. The number of benzene rings is 1. The third-order valence-electron chi connectivity index (χ3n) is 5.06. The van der Waals surface area contributed by atoms with Crippen LogP contribution in [-0.4, -0.2) is 41.4 Å². The molecular formula is C23H22N2O6S. The molecule has 1 aliphatic rings. The predicted octanol–water partition coefficient (Wildman–Crippen LogP) is 3.91. The fraction of sp³-hybridized carbons (Fsp3) is 0.261. The highest BCUT2D eigenvalue weighted by atomic mass is 32.1. The highest BCUT2D eigenvalue weighted by Crippen LogP contribution is 2.34. The molecule has 1 N–H and O–H groups in total. The van der Waals surface area contributed by atoms with Crippen molar-refractivity contribution in [3.63, 3.8) is 0 Å². The molecule has 1 atom stereocenters. The van der Waals surface area contributed by atoms with Crippen LogP contribution in [0, 0.1) is 0 Å². The topological polar surface area (TPSA) is 102 Å². The minimum atomic E-state index is -0.509. The number of carbonyl (C=O) groups excluding carboxylic acids is 2. The molecule has 9 heteroatoms. The number of ether oxygens (including phenoxy) is 2. The number of amides is 1. The van der Waals surface area contributed by atoms with E-state index < -0.39 is 18.5 Å². The fourth-order valence-electron chi connectivity index (χ4n) is 3.45. The normalized spacial score (nSPS) is 15.5. The van der Waals surface area contributed by atoms with Gasteiger partial charge in [0.15, 0.2) is 18.1 Å². The average Bonchev–Trinajstić information content (AvgIpc) is 3.56. The highest BCUT2D eigenvalue weighted by molar-refractivity contribution is 7.12. The lowest BCUT2D eigenvalue weighted by Crippen LogP contribution is -2.31. The number of hydrogen-bond donors (Lipinski definition) is 1. The summed E-state index contributed by atoms with van der Waals surface area (Å²) in [6, 6.07) is 12.0. The van der Waals surface area contributed by atoms with Crippen LogP contribution in [0.3, 0.4) is 0 Å². The van der Waals surface area contributed by atoms with Gasteiger partial charge in [-0.05, 0) is 47.7 Å². The van der Waals surface area contributed by atoms with Gasteiger partial charge in [0.25, 0.3) is 5.91 Å². The molecule has 1 aromatic carbocycles. The van der Waals surface area contributed by atoms with Crippen LogP contribution in [0.4, 0.5) is 0 Å². The molecule has 0 fully saturated rings. The lowest BCUT2D eigenvalue weighted by Gasteiger charge is -2.19. The Morgan fingerprint density at radius 2 is 2.16 bits per heavy atom. The van der Waals surface area contributed by atoms with Crippen LogP contribution in [0.5, 0.6) is 11.5 Å². The van der Waals surface area contributed by atoms with Crippen molar-refractivity contribution < 1.29 is 28.6 Å². The number of thiophene rings is 1. The number of aromatic hydroxyl groups is 1. The number of nitrogens with zero attached hydrogens (tertiary/aromatic N) is 2. The van der Waals surface area contributed by atoms with Crippen LogP contribution in [0.2, 0.25) is 0 Å². The van der Waals surface area contributed by atoms with Gasteiger partial charge in [0.05, 0.1) is 24.0 Å². The SMILES string of the molecule is COc1ccc(CCC(=O)OCC(=O)N2N=C(c3cccs3)CC2c2ccco2)cc1O. The number of carbonyl (C=O) groups is 2. The summed E-state index contributed by atoms with van der Waals surface area (Å²) in [5.74, 6) is 0.0598. The Bertz CT molecular complexity index is 1110. The maximum atomic E-state index is 12.8. The number of hydrazone groups is 1. The molecule has 0 spiro atoms. The monoisotopic (exact) mass is 454 g/mol. The van der Waals surface area contributed by atoms with Gasteiger partial charge in [-0.2, -0.15) is 5.10 Å². The molecule has 0 radical (unpaired) electrons. The molecule has 3 aromatic rings. The Balaban J connectivity index is 1.35. The first-order valence-corrected chi connectivity index (χ1v) is 10.9. The van der Waals surface area contributed by atoms with Gasteiger partial charge in [0.2, 0.25) is 0 Å². The Labute approximate surface area is 188 Å². The van der Waals surface area contributed by atoms with Crippen molar-refractivity contribution in [2.45, 2.75) is 25.3 Å². The van der Waals surface area contributed by atoms with Crippen molar-refractivity contribution in [3.05, 3.63) is 70.3 Å². The van der Waals surface area contributed by atoms with E-state index in [4.69, 9.17) is 13.9 Å². The van der Waals surface area contributed by atoms with Gasteiger partial charge in [0, 0.05) is 12.8 Å². The predicted molar refractivity (Wildman–Crippen MR) is 118 cm³/mol. The first kappa shape index (κ1) is 21.6. The van der Waals surface area contributed by atoms with E-state index in [-0.39, 0.29) is 18.2 Å². The second kappa shape index (κ2) is 9.69. The van der Waals surface area contributed by atoms with E-state index in [1.165, 1.54) is 18.2 Å². The maximum absolute atomic E-state index is 12.8. The molecule has 1 aliphatic heterocycles. The molecule has 1 amide bonds. The first-order valence-electron chi connectivity index (χ1n) is 10.0. The number of rotatable bonds is 8. The van der Waals surface area contributed by atoms with E-state index >= 15 is 0 Å². The minimum absolute atomic E-state index is 0.00551. The Hall–Kier alpha value is -3.59. The number of esters is 1. The molecule has 3 heterocycles. The number of phenolic OH excluding ortho intramolecular Hbond substituents is 1. The minimum Gasteiger partial charge on any atom is -0.504 e. The molecule has 1 unspecified atom stereocenters. The van der Waals surface area contributed by atoms with Gasteiger partial charge in [0.1, 0.15) is 11.8 Å². The Kier molecular flexibility index (Phi) is 6.55. The summed E-state index contributed by atoms with van der Waals surface area (Å²) >= 11 is 1.55. The quantitative estimate of drug-likeness (QED) is 0.518. The number of furan rings is 1. The van der Waals surface area contributed by atoms with Crippen molar-refractivity contribution in [2.75, 3.05) is 13.7 Å². The van der Waals surface area contributed by atoms with Crippen molar-refractivity contribution in [2.24, 2.45) is 5.10 Å². The molecule has 4 rings (SSSR count). The number of aryl methyl sites for hydroxylation is 1. The van der Waals surface area contributed by atoms with Gasteiger partial charge in [-0.3, -0.25) is 9.59 Å². The van der Waals surface area contributed by atoms with E-state index in [0.717, 1.165) is 16.2 Å². The Morgan fingerprint density at radius 1 is 1.28 bits per heavy atom.